The average molecular weight is 427 g/mol. The standard InChI is InChI=1S/C21H23F2N7O/c1-13(24)18(28-25)15-9-17(12-26-10-15)30-5-2-14-8-16(11-27-19(14)30)20(31)29-6-3-21(22,23)4-7-29/h2,5,8-12,28H,3-4,6-7,24-25H2,1H3/b18-13-. The summed E-state index contributed by atoms with van der Waals surface area (Å²) in [6.45, 7) is 1.81. The van der Waals surface area contributed by atoms with Gasteiger partial charge < -0.3 is 16.1 Å². The zero-order valence-electron chi connectivity index (χ0n) is 17.0. The first kappa shape index (κ1) is 20.7. The predicted molar refractivity (Wildman–Crippen MR) is 113 cm³/mol. The average Bonchev–Trinajstić information content (AvgIpc) is 3.17. The van der Waals surface area contributed by atoms with Crippen LogP contribution in [0.5, 0.6) is 0 Å². The Kier molecular flexibility index (Phi) is 5.32. The van der Waals surface area contributed by atoms with E-state index < -0.39 is 5.92 Å². The lowest BCUT2D eigenvalue weighted by Crippen LogP contribution is -2.42. The first-order valence-electron chi connectivity index (χ1n) is 9.82. The normalized spacial score (nSPS) is 16.8. The molecule has 31 heavy (non-hydrogen) atoms. The minimum atomic E-state index is -2.70. The highest BCUT2D eigenvalue weighted by Crippen LogP contribution is 2.29. The molecule has 8 nitrogen and oxygen atoms in total. The van der Waals surface area contributed by atoms with Crippen LogP contribution < -0.4 is 17.0 Å². The molecule has 1 saturated heterocycles. The Balaban J connectivity index is 1.63. The number of hydrogen-bond donors (Lipinski definition) is 3. The maximum Gasteiger partial charge on any atom is 0.255 e. The van der Waals surface area contributed by atoms with E-state index in [0.29, 0.717) is 22.6 Å². The van der Waals surface area contributed by atoms with E-state index in [1.807, 2.05) is 22.9 Å². The van der Waals surface area contributed by atoms with Crippen LogP contribution in [0.25, 0.3) is 22.4 Å². The van der Waals surface area contributed by atoms with Gasteiger partial charge in [-0.25, -0.2) is 13.8 Å². The second kappa shape index (κ2) is 7.95. The van der Waals surface area contributed by atoms with Gasteiger partial charge in [0.05, 0.1) is 23.1 Å². The Bertz CT molecular complexity index is 1160. The maximum absolute atomic E-state index is 13.4. The highest BCUT2D eigenvalue weighted by Gasteiger charge is 2.35. The smallest absolute Gasteiger partial charge is 0.255 e. The summed E-state index contributed by atoms with van der Waals surface area (Å²) >= 11 is 0. The van der Waals surface area contributed by atoms with Crippen LogP contribution in [-0.4, -0.2) is 44.4 Å². The van der Waals surface area contributed by atoms with Gasteiger partial charge in [-0.2, -0.15) is 0 Å². The lowest BCUT2D eigenvalue weighted by atomic mass is 10.1. The first-order chi connectivity index (χ1) is 14.8. The Labute approximate surface area is 177 Å². The lowest BCUT2D eigenvalue weighted by Gasteiger charge is -2.31. The second-order valence-electron chi connectivity index (χ2n) is 7.60. The molecule has 3 aromatic rings. The second-order valence-corrected chi connectivity index (χ2v) is 7.60. The number of hydrazine groups is 1. The molecular weight excluding hydrogens is 404 g/mol. The third-order valence-electron chi connectivity index (χ3n) is 5.38. The summed E-state index contributed by atoms with van der Waals surface area (Å²) in [5, 5.41) is 0.751. The molecule has 4 rings (SSSR count). The molecule has 1 amide bonds. The van der Waals surface area contributed by atoms with E-state index in [2.05, 4.69) is 15.4 Å². The van der Waals surface area contributed by atoms with E-state index in [9.17, 15) is 13.6 Å². The number of likely N-dealkylation sites (tertiary alicyclic amines) is 1. The monoisotopic (exact) mass is 427 g/mol. The van der Waals surface area contributed by atoms with Gasteiger partial charge in [-0.05, 0) is 25.1 Å². The number of pyridine rings is 2. The number of aromatic nitrogens is 3. The number of piperidine rings is 1. The van der Waals surface area contributed by atoms with Crippen LogP contribution in [0.4, 0.5) is 8.78 Å². The lowest BCUT2D eigenvalue weighted by molar-refractivity contribution is -0.0494. The van der Waals surface area contributed by atoms with Crippen molar-refractivity contribution in [3.05, 3.63) is 59.8 Å². The number of halogens is 2. The number of allylic oxidation sites excluding steroid dienone is 1. The quantitative estimate of drug-likeness (QED) is 0.435. The van der Waals surface area contributed by atoms with E-state index in [4.69, 9.17) is 11.6 Å². The molecule has 4 heterocycles. The van der Waals surface area contributed by atoms with Crippen LogP contribution in [0.2, 0.25) is 0 Å². The number of carbonyl (C=O) groups is 1. The van der Waals surface area contributed by atoms with E-state index in [0.717, 1.165) is 16.6 Å². The van der Waals surface area contributed by atoms with E-state index in [1.54, 1.807) is 25.4 Å². The zero-order chi connectivity index (χ0) is 22.2. The van der Waals surface area contributed by atoms with Crippen LogP contribution in [0.15, 0.2) is 48.7 Å². The largest absolute Gasteiger partial charge is 0.401 e. The highest BCUT2D eigenvalue weighted by molar-refractivity contribution is 5.97. The summed E-state index contributed by atoms with van der Waals surface area (Å²) in [4.78, 5) is 22.9. The van der Waals surface area contributed by atoms with Crippen molar-refractivity contribution in [2.45, 2.75) is 25.7 Å². The molecule has 0 aliphatic carbocycles. The molecule has 0 bridgehead atoms. The predicted octanol–water partition coefficient (Wildman–Crippen LogP) is 2.40. The van der Waals surface area contributed by atoms with Gasteiger partial charge in [-0.15, -0.1) is 0 Å². The highest BCUT2D eigenvalue weighted by atomic mass is 19.3. The van der Waals surface area contributed by atoms with Gasteiger partial charge in [0.2, 0.25) is 0 Å². The van der Waals surface area contributed by atoms with Crippen LogP contribution in [0.3, 0.4) is 0 Å². The first-order valence-corrected chi connectivity index (χ1v) is 9.82. The zero-order valence-corrected chi connectivity index (χ0v) is 17.0. The van der Waals surface area contributed by atoms with Crippen molar-refractivity contribution >= 4 is 22.6 Å². The fourth-order valence-corrected chi connectivity index (χ4v) is 3.69. The molecule has 1 aliphatic rings. The molecule has 5 N–H and O–H groups in total. The number of nitrogens with zero attached hydrogens (tertiary/aromatic N) is 4. The topological polar surface area (TPSA) is 115 Å². The van der Waals surface area contributed by atoms with Crippen molar-refractivity contribution in [1.29, 1.82) is 0 Å². The summed E-state index contributed by atoms with van der Waals surface area (Å²) in [5.41, 5.74) is 12.0. The van der Waals surface area contributed by atoms with E-state index in [-0.39, 0.29) is 31.8 Å². The molecule has 0 spiro atoms. The third-order valence-corrected chi connectivity index (χ3v) is 5.38. The van der Waals surface area contributed by atoms with Crippen molar-refractivity contribution in [3.63, 3.8) is 0 Å². The molecule has 0 radical (unpaired) electrons. The SMILES string of the molecule is C/C(N)=C(/NN)c1cncc(-n2ccc3cc(C(=O)N4CCC(F)(F)CC4)cnc32)c1. The van der Waals surface area contributed by atoms with Gasteiger partial charge in [0.25, 0.3) is 11.8 Å². The van der Waals surface area contributed by atoms with Crippen LogP contribution in [0.1, 0.15) is 35.7 Å². The van der Waals surface area contributed by atoms with Gasteiger partial charge in [0, 0.05) is 61.2 Å². The van der Waals surface area contributed by atoms with Crippen molar-refractivity contribution in [1.82, 2.24) is 24.9 Å². The molecule has 0 unspecified atom stereocenters. The Morgan fingerprint density at radius 3 is 2.58 bits per heavy atom. The number of hydrogen-bond acceptors (Lipinski definition) is 6. The van der Waals surface area contributed by atoms with Crippen molar-refractivity contribution in [2.75, 3.05) is 13.1 Å². The van der Waals surface area contributed by atoms with Crippen LogP contribution in [0, 0.1) is 0 Å². The molecule has 10 heteroatoms. The van der Waals surface area contributed by atoms with Gasteiger partial charge in [-0.1, -0.05) is 0 Å². The number of alkyl halides is 2. The van der Waals surface area contributed by atoms with Gasteiger partial charge in [-0.3, -0.25) is 20.2 Å². The fraction of sp³-hybridized carbons (Fsp3) is 0.286. The van der Waals surface area contributed by atoms with Crippen molar-refractivity contribution in [3.8, 4) is 5.69 Å². The number of amides is 1. The van der Waals surface area contributed by atoms with Crippen LogP contribution in [-0.2, 0) is 0 Å². The maximum atomic E-state index is 13.4. The third kappa shape index (κ3) is 4.06. The van der Waals surface area contributed by atoms with Crippen molar-refractivity contribution in [2.24, 2.45) is 11.6 Å². The number of fused-ring (bicyclic) bond motifs is 1. The minimum Gasteiger partial charge on any atom is -0.401 e. The van der Waals surface area contributed by atoms with Crippen molar-refractivity contribution < 1.29 is 13.6 Å². The summed E-state index contributed by atoms with van der Waals surface area (Å²) in [5.74, 6) is 2.59. The molecule has 1 fully saturated rings. The van der Waals surface area contributed by atoms with Crippen LogP contribution >= 0.6 is 0 Å². The Hall–Kier alpha value is -3.53. The molecule has 1 aliphatic heterocycles. The summed E-state index contributed by atoms with van der Waals surface area (Å²) < 4.78 is 28.6. The molecule has 3 aromatic heterocycles. The molecular formula is C21H23F2N7O. The Morgan fingerprint density at radius 2 is 1.90 bits per heavy atom. The number of carbonyl (C=O) groups excluding carboxylic acids is 1. The minimum absolute atomic E-state index is 0.0366. The summed E-state index contributed by atoms with van der Waals surface area (Å²) in [6.07, 6.45) is 5.99. The number of nitrogens with two attached hydrogens (primary N) is 2. The molecule has 0 aromatic carbocycles. The van der Waals surface area contributed by atoms with E-state index in [1.165, 1.54) is 11.1 Å². The van der Waals surface area contributed by atoms with Gasteiger partial charge in [0.1, 0.15) is 5.65 Å². The van der Waals surface area contributed by atoms with Gasteiger partial charge >= 0.3 is 0 Å². The Morgan fingerprint density at radius 1 is 1.16 bits per heavy atom. The summed E-state index contributed by atoms with van der Waals surface area (Å²) in [6, 6.07) is 5.43. The fourth-order valence-electron chi connectivity index (χ4n) is 3.69. The van der Waals surface area contributed by atoms with Gasteiger partial charge in [0.15, 0.2) is 0 Å². The number of nitrogens with one attached hydrogen (secondary N) is 1. The van der Waals surface area contributed by atoms with E-state index >= 15 is 0 Å². The molecule has 0 saturated carbocycles. The summed E-state index contributed by atoms with van der Waals surface area (Å²) in [7, 11) is 0. The molecule has 162 valence electrons. The number of rotatable bonds is 4. The molecule has 0 atom stereocenters.